The Labute approximate surface area is 187 Å². The SMILES string of the molecule is COc1ccc(COCc2cc(C(Cl)c3ccc4c(nnn4C)c3C)ccc2C)cc1. The first-order valence-corrected chi connectivity index (χ1v) is 10.6. The highest BCUT2D eigenvalue weighted by Crippen LogP contribution is 2.34. The molecule has 1 atom stereocenters. The van der Waals surface area contributed by atoms with Gasteiger partial charge in [0, 0.05) is 7.05 Å². The number of rotatable bonds is 7. The number of aryl methyl sites for hydroxylation is 3. The van der Waals surface area contributed by atoms with Crippen LogP contribution >= 0.6 is 11.6 Å². The van der Waals surface area contributed by atoms with Crippen molar-refractivity contribution in [2.45, 2.75) is 32.4 Å². The molecule has 0 aliphatic carbocycles. The number of fused-ring (bicyclic) bond motifs is 1. The number of alkyl halides is 1. The quantitative estimate of drug-likeness (QED) is 0.352. The van der Waals surface area contributed by atoms with Crippen LogP contribution in [0.2, 0.25) is 0 Å². The summed E-state index contributed by atoms with van der Waals surface area (Å²) in [5, 5.41) is 8.15. The molecule has 0 radical (unpaired) electrons. The third kappa shape index (κ3) is 4.43. The summed E-state index contributed by atoms with van der Waals surface area (Å²) in [5.41, 5.74) is 8.47. The Bertz CT molecular complexity index is 1200. The first-order chi connectivity index (χ1) is 15.0. The molecular formula is C25H26ClN3O2. The Morgan fingerprint density at radius 1 is 1.00 bits per heavy atom. The van der Waals surface area contributed by atoms with Crippen molar-refractivity contribution in [3.8, 4) is 5.75 Å². The maximum absolute atomic E-state index is 6.92. The fraction of sp³-hybridized carbons (Fsp3) is 0.280. The molecule has 3 aromatic carbocycles. The second kappa shape index (κ2) is 9.08. The van der Waals surface area contributed by atoms with Crippen molar-refractivity contribution in [1.82, 2.24) is 15.0 Å². The van der Waals surface area contributed by atoms with Crippen LogP contribution in [0.1, 0.15) is 38.8 Å². The predicted octanol–water partition coefficient (Wildman–Crippen LogP) is 5.64. The molecule has 0 amide bonds. The molecule has 0 saturated heterocycles. The zero-order chi connectivity index (χ0) is 22.0. The molecular weight excluding hydrogens is 410 g/mol. The molecule has 6 heteroatoms. The van der Waals surface area contributed by atoms with E-state index < -0.39 is 0 Å². The van der Waals surface area contributed by atoms with Crippen molar-refractivity contribution in [3.05, 3.63) is 88.0 Å². The lowest BCUT2D eigenvalue weighted by atomic mass is 9.96. The van der Waals surface area contributed by atoms with Gasteiger partial charge < -0.3 is 9.47 Å². The van der Waals surface area contributed by atoms with Crippen LogP contribution in [0, 0.1) is 13.8 Å². The number of aromatic nitrogens is 3. The standard InChI is InChI=1S/C25H26ClN3O2/c1-16-5-8-19(13-20(16)15-31-14-18-6-9-21(30-4)10-7-18)24(26)22-11-12-23-25(17(22)2)27-28-29(23)3/h5-13,24H,14-15H2,1-4H3. The number of nitrogens with zero attached hydrogens (tertiary/aromatic N) is 3. The summed E-state index contributed by atoms with van der Waals surface area (Å²) in [5.74, 6) is 0.843. The van der Waals surface area contributed by atoms with Gasteiger partial charge in [0.15, 0.2) is 0 Å². The Kier molecular flexibility index (Phi) is 6.25. The van der Waals surface area contributed by atoms with Crippen LogP contribution in [0.15, 0.2) is 54.6 Å². The van der Waals surface area contributed by atoms with Crippen LogP contribution in [-0.4, -0.2) is 22.1 Å². The first-order valence-electron chi connectivity index (χ1n) is 10.2. The molecule has 0 fully saturated rings. The van der Waals surface area contributed by atoms with E-state index in [4.69, 9.17) is 21.1 Å². The molecule has 31 heavy (non-hydrogen) atoms. The first kappa shape index (κ1) is 21.3. The van der Waals surface area contributed by atoms with Crippen LogP contribution in [-0.2, 0) is 25.0 Å². The van der Waals surface area contributed by atoms with Crippen molar-refractivity contribution >= 4 is 22.6 Å². The van der Waals surface area contributed by atoms with E-state index in [1.807, 2.05) is 37.4 Å². The highest BCUT2D eigenvalue weighted by Gasteiger charge is 2.18. The van der Waals surface area contributed by atoms with Gasteiger partial charge in [0.1, 0.15) is 11.3 Å². The third-order valence-electron chi connectivity index (χ3n) is 5.70. The van der Waals surface area contributed by atoms with Gasteiger partial charge in [-0.25, -0.2) is 4.68 Å². The fourth-order valence-corrected chi connectivity index (χ4v) is 4.08. The molecule has 0 saturated carbocycles. The predicted molar refractivity (Wildman–Crippen MR) is 124 cm³/mol. The third-order valence-corrected chi connectivity index (χ3v) is 6.19. The second-order valence-electron chi connectivity index (χ2n) is 7.75. The van der Waals surface area contributed by atoms with Crippen LogP contribution in [0.25, 0.3) is 11.0 Å². The van der Waals surface area contributed by atoms with Gasteiger partial charge in [0.25, 0.3) is 0 Å². The highest BCUT2D eigenvalue weighted by molar-refractivity contribution is 6.22. The number of benzene rings is 3. The Morgan fingerprint density at radius 3 is 2.52 bits per heavy atom. The minimum Gasteiger partial charge on any atom is -0.497 e. The molecule has 1 heterocycles. The molecule has 0 aliphatic rings. The molecule has 0 N–H and O–H groups in total. The van der Waals surface area contributed by atoms with Gasteiger partial charge in [-0.15, -0.1) is 16.7 Å². The molecule has 5 nitrogen and oxygen atoms in total. The summed E-state index contributed by atoms with van der Waals surface area (Å²) in [4.78, 5) is 0. The number of ether oxygens (including phenoxy) is 2. The maximum Gasteiger partial charge on any atom is 0.118 e. The van der Waals surface area contributed by atoms with E-state index in [0.717, 1.165) is 44.6 Å². The summed E-state index contributed by atoms with van der Waals surface area (Å²) in [6.07, 6.45) is 0. The van der Waals surface area contributed by atoms with Crippen molar-refractivity contribution in [2.75, 3.05) is 7.11 Å². The monoisotopic (exact) mass is 435 g/mol. The van der Waals surface area contributed by atoms with Crippen molar-refractivity contribution in [2.24, 2.45) is 7.05 Å². The number of methoxy groups -OCH3 is 1. The summed E-state index contributed by atoms with van der Waals surface area (Å²) >= 11 is 6.92. The summed E-state index contributed by atoms with van der Waals surface area (Å²) in [6.45, 7) is 5.21. The lowest BCUT2D eigenvalue weighted by Crippen LogP contribution is -2.01. The summed E-state index contributed by atoms with van der Waals surface area (Å²) in [7, 11) is 3.56. The normalized spacial score (nSPS) is 12.3. The van der Waals surface area contributed by atoms with Gasteiger partial charge in [-0.1, -0.05) is 41.6 Å². The maximum atomic E-state index is 6.92. The summed E-state index contributed by atoms with van der Waals surface area (Å²) < 4.78 is 13.0. The minimum absolute atomic E-state index is 0.271. The van der Waals surface area contributed by atoms with Gasteiger partial charge in [-0.05, 0) is 65.4 Å². The zero-order valence-corrected chi connectivity index (χ0v) is 19.0. The molecule has 0 spiro atoms. The average molecular weight is 436 g/mol. The van der Waals surface area contributed by atoms with E-state index in [-0.39, 0.29) is 5.38 Å². The molecule has 0 bridgehead atoms. The smallest absolute Gasteiger partial charge is 0.118 e. The fourth-order valence-electron chi connectivity index (χ4n) is 3.71. The van der Waals surface area contributed by atoms with E-state index in [2.05, 4.69) is 48.4 Å². The van der Waals surface area contributed by atoms with Gasteiger partial charge >= 0.3 is 0 Å². The van der Waals surface area contributed by atoms with Crippen molar-refractivity contribution in [1.29, 1.82) is 0 Å². The molecule has 1 unspecified atom stereocenters. The Hall–Kier alpha value is -2.89. The highest BCUT2D eigenvalue weighted by atomic mass is 35.5. The lowest BCUT2D eigenvalue weighted by Gasteiger charge is -2.16. The molecule has 160 valence electrons. The molecule has 0 aliphatic heterocycles. The van der Waals surface area contributed by atoms with E-state index in [9.17, 15) is 0 Å². The van der Waals surface area contributed by atoms with E-state index >= 15 is 0 Å². The van der Waals surface area contributed by atoms with Crippen molar-refractivity contribution in [3.63, 3.8) is 0 Å². The average Bonchev–Trinajstić information content (AvgIpc) is 3.17. The number of hydrogen-bond donors (Lipinski definition) is 0. The van der Waals surface area contributed by atoms with Crippen LogP contribution < -0.4 is 4.74 Å². The molecule has 4 aromatic rings. The topological polar surface area (TPSA) is 49.2 Å². The molecule has 4 rings (SSSR count). The largest absolute Gasteiger partial charge is 0.497 e. The van der Waals surface area contributed by atoms with Crippen LogP contribution in [0.4, 0.5) is 0 Å². The Morgan fingerprint density at radius 2 is 1.77 bits per heavy atom. The van der Waals surface area contributed by atoms with Gasteiger partial charge in [0.05, 0.1) is 31.2 Å². The minimum atomic E-state index is -0.271. The Balaban J connectivity index is 1.51. The van der Waals surface area contributed by atoms with Gasteiger partial charge in [0.2, 0.25) is 0 Å². The van der Waals surface area contributed by atoms with Gasteiger partial charge in [-0.3, -0.25) is 0 Å². The zero-order valence-electron chi connectivity index (χ0n) is 18.2. The molecule has 1 aromatic heterocycles. The number of hydrogen-bond acceptors (Lipinski definition) is 4. The van der Waals surface area contributed by atoms with Crippen LogP contribution in [0.3, 0.4) is 0 Å². The lowest BCUT2D eigenvalue weighted by molar-refractivity contribution is 0.106. The van der Waals surface area contributed by atoms with E-state index in [1.54, 1.807) is 11.8 Å². The van der Waals surface area contributed by atoms with Crippen molar-refractivity contribution < 1.29 is 9.47 Å². The van der Waals surface area contributed by atoms with Gasteiger partial charge in [-0.2, -0.15) is 0 Å². The van der Waals surface area contributed by atoms with E-state index in [0.29, 0.717) is 13.2 Å². The summed E-state index contributed by atoms with van der Waals surface area (Å²) in [6, 6.07) is 18.3. The second-order valence-corrected chi connectivity index (χ2v) is 8.19. The van der Waals surface area contributed by atoms with Crippen LogP contribution in [0.5, 0.6) is 5.75 Å². The number of halogens is 1. The van der Waals surface area contributed by atoms with E-state index in [1.165, 1.54) is 5.56 Å².